The van der Waals surface area contributed by atoms with Crippen LogP contribution in [0.4, 0.5) is 11.6 Å². The molecule has 2 amide bonds. The van der Waals surface area contributed by atoms with Gasteiger partial charge in [-0.25, -0.2) is 9.97 Å². The maximum atomic E-state index is 13.1. The summed E-state index contributed by atoms with van der Waals surface area (Å²) in [6.45, 7) is 0.737. The van der Waals surface area contributed by atoms with Crippen molar-refractivity contribution in [1.29, 1.82) is 0 Å². The maximum Gasteiger partial charge on any atom is 0.276 e. The Balaban J connectivity index is 1.29. The Labute approximate surface area is 203 Å². The van der Waals surface area contributed by atoms with Crippen LogP contribution in [-0.4, -0.2) is 49.7 Å². The van der Waals surface area contributed by atoms with Crippen LogP contribution in [0.3, 0.4) is 0 Å². The number of hydrogen-bond acceptors (Lipinski definition) is 5. The zero-order valence-corrected chi connectivity index (χ0v) is 19.7. The van der Waals surface area contributed by atoms with Gasteiger partial charge in [0, 0.05) is 18.3 Å². The molecule has 0 spiro atoms. The first-order valence-electron chi connectivity index (χ1n) is 12.0. The molecule has 0 unspecified atom stereocenters. The van der Waals surface area contributed by atoms with Crippen LogP contribution in [0.5, 0.6) is 0 Å². The van der Waals surface area contributed by atoms with E-state index in [2.05, 4.69) is 42.5 Å². The van der Waals surface area contributed by atoms with Gasteiger partial charge in [0.2, 0.25) is 5.95 Å². The van der Waals surface area contributed by atoms with Gasteiger partial charge in [0.25, 0.3) is 11.8 Å². The van der Waals surface area contributed by atoms with Gasteiger partial charge < -0.3 is 15.3 Å². The third-order valence-electron chi connectivity index (χ3n) is 6.59. The number of aromatic amines is 2. The predicted molar refractivity (Wildman–Crippen MR) is 135 cm³/mol. The monoisotopic (exact) mass is 471 g/mol. The zero-order valence-electron chi connectivity index (χ0n) is 19.7. The molecule has 4 aromatic rings. The molecule has 4 N–H and O–H groups in total. The fourth-order valence-corrected chi connectivity index (χ4v) is 4.70. The second-order valence-corrected chi connectivity index (χ2v) is 9.00. The summed E-state index contributed by atoms with van der Waals surface area (Å²) in [5.41, 5.74) is 3.37. The topological polar surface area (TPSA) is 119 Å². The Morgan fingerprint density at radius 1 is 1.00 bits per heavy atom. The molecule has 9 heteroatoms. The number of amides is 2. The SMILES string of the molecule is CN(Cc1ccccc1NC(=O)c1nc[nH]c1C(=O)Nc1nc2ccccc2[nH]1)C1CCCCC1. The molecule has 2 aromatic heterocycles. The van der Waals surface area contributed by atoms with Crippen LogP contribution in [0, 0.1) is 0 Å². The number of para-hydroxylation sites is 3. The standard InChI is InChI=1S/C26H29N7O2/c1-33(18-10-3-2-4-11-18)15-17-9-5-6-12-19(17)29-24(34)22-23(28-16-27-22)25(35)32-26-30-20-13-7-8-14-21(20)31-26/h5-9,12-14,16,18H,2-4,10-11,15H2,1H3,(H,27,28)(H,29,34)(H2,30,31,32,35). The molecule has 35 heavy (non-hydrogen) atoms. The Morgan fingerprint density at radius 2 is 1.77 bits per heavy atom. The number of hydrogen-bond donors (Lipinski definition) is 4. The molecular formula is C26H29N7O2. The predicted octanol–water partition coefficient (Wildman–Crippen LogP) is 4.56. The molecule has 2 aromatic carbocycles. The third kappa shape index (κ3) is 5.09. The molecular weight excluding hydrogens is 442 g/mol. The highest BCUT2D eigenvalue weighted by atomic mass is 16.2. The zero-order chi connectivity index (χ0) is 24.2. The number of carbonyl (C=O) groups is 2. The lowest BCUT2D eigenvalue weighted by molar-refractivity contribution is 0.0985. The van der Waals surface area contributed by atoms with Gasteiger partial charge in [-0.3, -0.25) is 19.8 Å². The number of imidazole rings is 2. The summed E-state index contributed by atoms with van der Waals surface area (Å²) < 4.78 is 0. The summed E-state index contributed by atoms with van der Waals surface area (Å²) in [5, 5.41) is 5.65. The summed E-state index contributed by atoms with van der Waals surface area (Å²) in [7, 11) is 2.14. The molecule has 0 bridgehead atoms. The van der Waals surface area contributed by atoms with Crippen molar-refractivity contribution in [1.82, 2.24) is 24.8 Å². The van der Waals surface area contributed by atoms with Crippen molar-refractivity contribution in [2.24, 2.45) is 0 Å². The third-order valence-corrected chi connectivity index (χ3v) is 6.59. The molecule has 2 heterocycles. The smallest absolute Gasteiger partial charge is 0.276 e. The van der Waals surface area contributed by atoms with Crippen LogP contribution in [0.2, 0.25) is 0 Å². The highest BCUT2D eigenvalue weighted by molar-refractivity contribution is 6.13. The van der Waals surface area contributed by atoms with E-state index in [1.54, 1.807) is 0 Å². The normalized spacial score (nSPS) is 14.3. The second kappa shape index (κ2) is 10.1. The molecule has 0 saturated heterocycles. The number of aromatic nitrogens is 4. The van der Waals surface area contributed by atoms with E-state index in [9.17, 15) is 9.59 Å². The van der Waals surface area contributed by atoms with E-state index in [0.29, 0.717) is 17.7 Å². The average Bonchev–Trinajstić information content (AvgIpc) is 3.53. The quantitative estimate of drug-likeness (QED) is 0.315. The van der Waals surface area contributed by atoms with Gasteiger partial charge in [0.15, 0.2) is 5.69 Å². The molecule has 1 saturated carbocycles. The van der Waals surface area contributed by atoms with Crippen LogP contribution >= 0.6 is 0 Å². The van der Waals surface area contributed by atoms with E-state index < -0.39 is 11.8 Å². The Kier molecular flexibility index (Phi) is 6.58. The van der Waals surface area contributed by atoms with Crippen molar-refractivity contribution < 1.29 is 9.59 Å². The lowest BCUT2D eigenvalue weighted by atomic mass is 9.94. The number of nitrogens with one attached hydrogen (secondary N) is 4. The Morgan fingerprint density at radius 3 is 2.60 bits per heavy atom. The number of anilines is 2. The average molecular weight is 472 g/mol. The van der Waals surface area contributed by atoms with E-state index in [1.807, 2.05) is 48.5 Å². The van der Waals surface area contributed by atoms with Gasteiger partial charge >= 0.3 is 0 Å². The number of nitrogens with zero attached hydrogens (tertiary/aromatic N) is 3. The van der Waals surface area contributed by atoms with E-state index in [4.69, 9.17) is 0 Å². The molecule has 1 aliphatic rings. The van der Waals surface area contributed by atoms with Crippen LogP contribution < -0.4 is 10.6 Å². The summed E-state index contributed by atoms with van der Waals surface area (Å²) in [6.07, 6.45) is 7.61. The van der Waals surface area contributed by atoms with E-state index in [0.717, 1.165) is 23.1 Å². The lowest BCUT2D eigenvalue weighted by Gasteiger charge is -2.31. The van der Waals surface area contributed by atoms with E-state index in [1.165, 1.54) is 38.4 Å². The minimum atomic E-state index is -0.503. The fourth-order valence-electron chi connectivity index (χ4n) is 4.70. The van der Waals surface area contributed by atoms with Gasteiger partial charge in [0.05, 0.1) is 17.4 Å². The molecule has 1 aliphatic carbocycles. The van der Waals surface area contributed by atoms with Gasteiger partial charge in [-0.15, -0.1) is 0 Å². The van der Waals surface area contributed by atoms with Crippen molar-refractivity contribution in [3.63, 3.8) is 0 Å². The molecule has 0 aliphatic heterocycles. The van der Waals surface area contributed by atoms with Gasteiger partial charge in [-0.05, 0) is 43.7 Å². The highest BCUT2D eigenvalue weighted by Gasteiger charge is 2.23. The number of rotatable bonds is 7. The number of carbonyl (C=O) groups excluding carboxylic acids is 2. The first-order valence-corrected chi connectivity index (χ1v) is 12.0. The maximum absolute atomic E-state index is 13.1. The summed E-state index contributed by atoms with van der Waals surface area (Å²) in [5.74, 6) is -0.654. The minimum Gasteiger partial charge on any atom is -0.340 e. The van der Waals surface area contributed by atoms with Crippen LogP contribution in [0.15, 0.2) is 54.9 Å². The molecule has 180 valence electrons. The van der Waals surface area contributed by atoms with Crippen LogP contribution in [-0.2, 0) is 6.54 Å². The van der Waals surface area contributed by atoms with Crippen molar-refractivity contribution >= 4 is 34.5 Å². The van der Waals surface area contributed by atoms with Crippen molar-refractivity contribution in [3.05, 3.63) is 71.8 Å². The molecule has 0 atom stereocenters. The van der Waals surface area contributed by atoms with Gasteiger partial charge in [0.1, 0.15) is 5.69 Å². The van der Waals surface area contributed by atoms with Crippen LogP contribution in [0.1, 0.15) is 58.6 Å². The molecule has 0 radical (unpaired) electrons. The lowest BCUT2D eigenvalue weighted by Crippen LogP contribution is -2.33. The number of H-pyrrole nitrogens is 2. The minimum absolute atomic E-state index is 0.0223. The van der Waals surface area contributed by atoms with Crippen LogP contribution in [0.25, 0.3) is 11.0 Å². The van der Waals surface area contributed by atoms with E-state index in [-0.39, 0.29) is 11.4 Å². The molecule has 1 fully saturated rings. The number of benzene rings is 2. The Hall–Kier alpha value is -3.98. The molecule has 5 rings (SSSR count). The highest BCUT2D eigenvalue weighted by Crippen LogP contribution is 2.25. The van der Waals surface area contributed by atoms with E-state index >= 15 is 0 Å². The first-order chi connectivity index (χ1) is 17.1. The largest absolute Gasteiger partial charge is 0.340 e. The summed E-state index contributed by atoms with van der Waals surface area (Å²) in [4.78, 5) is 42.7. The van der Waals surface area contributed by atoms with Crippen molar-refractivity contribution in [2.75, 3.05) is 17.7 Å². The first kappa shape index (κ1) is 22.8. The van der Waals surface area contributed by atoms with Crippen molar-refractivity contribution in [3.8, 4) is 0 Å². The summed E-state index contributed by atoms with van der Waals surface area (Å²) in [6, 6.07) is 15.8. The van der Waals surface area contributed by atoms with Gasteiger partial charge in [-0.2, -0.15) is 0 Å². The van der Waals surface area contributed by atoms with Crippen molar-refractivity contribution in [2.45, 2.75) is 44.7 Å². The second-order valence-electron chi connectivity index (χ2n) is 9.00. The fraction of sp³-hybridized carbons (Fsp3) is 0.308. The van der Waals surface area contributed by atoms with Gasteiger partial charge in [-0.1, -0.05) is 49.6 Å². The molecule has 9 nitrogen and oxygen atoms in total. The number of fused-ring (bicyclic) bond motifs is 1. The summed E-state index contributed by atoms with van der Waals surface area (Å²) >= 11 is 0. The Bertz CT molecular complexity index is 1300.